The van der Waals surface area contributed by atoms with Gasteiger partial charge >= 0.3 is 5.97 Å². The fourth-order valence-corrected chi connectivity index (χ4v) is 2.43. The zero-order valence-electron chi connectivity index (χ0n) is 22.5. The lowest BCUT2D eigenvalue weighted by Crippen LogP contribution is -2.19. The molecule has 0 aliphatic carbocycles. The predicted octanol–water partition coefficient (Wildman–Crippen LogP) is -0.627. The van der Waals surface area contributed by atoms with E-state index in [0.29, 0.717) is 138 Å². The molecule has 14 nitrogen and oxygen atoms in total. The van der Waals surface area contributed by atoms with E-state index in [9.17, 15) is 9.59 Å². The normalized spacial score (nSPS) is 11.2. The van der Waals surface area contributed by atoms with E-state index in [0.717, 1.165) is 0 Å². The van der Waals surface area contributed by atoms with Crippen LogP contribution in [0, 0.1) is 0 Å². The van der Waals surface area contributed by atoms with Crippen LogP contribution < -0.4 is 5.32 Å². The van der Waals surface area contributed by atoms with Gasteiger partial charge in [0.15, 0.2) is 0 Å². The average molecular weight is 558 g/mol. The van der Waals surface area contributed by atoms with Crippen LogP contribution in [0.1, 0.15) is 6.42 Å². The van der Waals surface area contributed by atoms with Crippen molar-refractivity contribution in [2.24, 2.45) is 0 Å². The van der Waals surface area contributed by atoms with Crippen molar-refractivity contribution >= 4 is 12.4 Å². The second-order valence-electron chi connectivity index (χ2n) is 7.34. The number of ether oxygens (including phenoxy) is 10. The van der Waals surface area contributed by atoms with Crippen LogP contribution in [-0.4, -0.2) is 156 Å². The summed E-state index contributed by atoms with van der Waals surface area (Å²) in [6, 6.07) is 0. The molecule has 0 unspecified atom stereocenters. The molecule has 0 bridgehead atoms. The first-order valence-corrected chi connectivity index (χ1v) is 12.9. The molecule has 0 radical (unpaired) electrons. The van der Waals surface area contributed by atoms with Crippen LogP contribution in [0.4, 0.5) is 0 Å². The smallest absolute Gasteiger partial charge is 0.305 e. The first-order valence-electron chi connectivity index (χ1n) is 12.9. The molecule has 0 aromatic carbocycles. The van der Waals surface area contributed by atoms with Gasteiger partial charge in [0.2, 0.25) is 6.41 Å². The Bertz CT molecular complexity index is 488. The summed E-state index contributed by atoms with van der Waals surface area (Å²) in [5, 5.41) is 11.0. The van der Waals surface area contributed by atoms with Gasteiger partial charge in [0.05, 0.1) is 139 Å². The fourth-order valence-electron chi connectivity index (χ4n) is 2.43. The quantitative estimate of drug-likeness (QED) is 0.0762. The van der Waals surface area contributed by atoms with Gasteiger partial charge in [-0.25, -0.2) is 0 Å². The maximum absolute atomic E-state index is 10.3. The largest absolute Gasteiger partial charge is 0.481 e. The molecule has 38 heavy (non-hydrogen) atoms. The van der Waals surface area contributed by atoms with Crippen molar-refractivity contribution in [2.45, 2.75) is 6.42 Å². The Kier molecular flexibility index (Phi) is 32.3. The number of carbonyl (C=O) groups is 2. The standard InChI is InChI=1S/C24H47NO13/c26-23-25-2-4-30-6-8-32-10-12-34-14-16-36-18-20-38-22-21-37-19-17-35-15-13-33-11-9-31-7-5-29-3-1-24(27)28/h23H,1-22H2,(H,25,26)(H,27,28). The maximum atomic E-state index is 10.3. The van der Waals surface area contributed by atoms with E-state index >= 15 is 0 Å². The summed E-state index contributed by atoms with van der Waals surface area (Å²) in [4.78, 5) is 20.3. The van der Waals surface area contributed by atoms with E-state index in [1.807, 2.05) is 0 Å². The molecule has 0 rings (SSSR count). The molecule has 2 N–H and O–H groups in total. The number of hydrogen-bond donors (Lipinski definition) is 2. The van der Waals surface area contributed by atoms with E-state index in [4.69, 9.17) is 52.5 Å². The highest BCUT2D eigenvalue weighted by Gasteiger charge is 1.97. The van der Waals surface area contributed by atoms with Gasteiger partial charge in [0.1, 0.15) is 0 Å². The van der Waals surface area contributed by atoms with Crippen molar-refractivity contribution in [1.82, 2.24) is 5.32 Å². The monoisotopic (exact) mass is 557 g/mol. The summed E-state index contributed by atoms with van der Waals surface area (Å²) < 4.78 is 53.5. The van der Waals surface area contributed by atoms with E-state index < -0.39 is 5.97 Å². The Morgan fingerprint density at radius 2 is 0.684 bits per heavy atom. The average Bonchev–Trinajstić information content (AvgIpc) is 2.91. The third-order valence-corrected chi connectivity index (χ3v) is 4.28. The van der Waals surface area contributed by atoms with Gasteiger partial charge in [-0.3, -0.25) is 9.59 Å². The van der Waals surface area contributed by atoms with Crippen LogP contribution in [-0.2, 0) is 57.0 Å². The Morgan fingerprint density at radius 3 is 0.921 bits per heavy atom. The first kappa shape index (κ1) is 36.5. The molecule has 0 spiro atoms. The van der Waals surface area contributed by atoms with Gasteiger partial charge in [0.25, 0.3) is 0 Å². The van der Waals surface area contributed by atoms with Crippen LogP contribution >= 0.6 is 0 Å². The molecule has 0 saturated carbocycles. The lowest BCUT2D eigenvalue weighted by atomic mass is 10.5. The maximum Gasteiger partial charge on any atom is 0.305 e. The molecule has 0 aliphatic heterocycles. The highest BCUT2D eigenvalue weighted by molar-refractivity contribution is 5.66. The summed E-state index contributed by atoms with van der Waals surface area (Å²) in [6.45, 7) is 9.64. The minimum atomic E-state index is -0.876. The molecule has 0 fully saturated rings. The van der Waals surface area contributed by atoms with E-state index in [-0.39, 0.29) is 13.0 Å². The Morgan fingerprint density at radius 1 is 0.447 bits per heavy atom. The number of rotatable bonds is 34. The van der Waals surface area contributed by atoms with Crippen LogP contribution in [0.25, 0.3) is 0 Å². The number of amides is 1. The van der Waals surface area contributed by atoms with Gasteiger partial charge in [-0.2, -0.15) is 0 Å². The molecular weight excluding hydrogens is 510 g/mol. The molecule has 0 saturated heterocycles. The van der Waals surface area contributed by atoms with Gasteiger partial charge in [-0.1, -0.05) is 0 Å². The fraction of sp³-hybridized carbons (Fsp3) is 0.917. The third-order valence-electron chi connectivity index (χ3n) is 4.28. The van der Waals surface area contributed by atoms with Crippen LogP contribution in [0.3, 0.4) is 0 Å². The Hall–Kier alpha value is -1.46. The number of carbonyl (C=O) groups excluding carboxylic acids is 1. The van der Waals surface area contributed by atoms with Crippen LogP contribution in [0.2, 0.25) is 0 Å². The van der Waals surface area contributed by atoms with Gasteiger partial charge in [-0.15, -0.1) is 0 Å². The van der Waals surface area contributed by atoms with E-state index in [1.165, 1.54) is 0 Å². The summed E-state index contributed by atoms with van der Waals surface area (Å²) in [5.74, 6) is -0.876. The Labute approximate surface area is 225 Å². The number of carboxylic acid groups (broad SMARTS) is 1. The molecule has 226 valence electrons. The number of aliphatic carboxylic acids is 1. The molecular formula is C24H47NO13. The van der Waals surface area contributed by atoms with Gasteiger partial charge < -0.3 is 57.8 Å². The minimum absolute atomic E-state index is 0.00301. The zero-order valence-corrected chi connectivity index (χ0v) is 22.5. The molecule has 0 atom stereocenters. The molecule has 0 aromatic heterocycles. The summed E-state index contributed by atoms with van der Waals surface area (Å²) in [7, 11) is 0. The molecule has 0 aromatic rings. The second kappa shape index (κ2) is 33.6. The van der Waals surface area contributed by atoms with E-state index in [2.05, 4.69) is 5.32 Å². The summed E-state index contributed by atoms with van der Waals surface area (Å²) >= 11 is 0. The van der Waals surface area contributed by atoms with Crippen molar-refractivity contribution in [3.8, 4) is 0 Å². The van der Waals surface area contributed by atoms with Crippen molar-refractivity contribution in [1.29, 1.82) is 0 Å². The zero-order chi connectivity index (χ0) is 27.6. The lowest BCUT2D eigenvalue weighted by Gasteiger charge is -2.09. The molecule has 14 heteroatoms. The van der Waals surface area contributed by atoms with Crippen LogP contribution in [0.15, 0.2) is 0 Å². The topological polar surface area (TPSA) is 159 Å². The summed E-state index contributed by atoms with van der Waals surface area (Å²) in [6.07, 6.45) is 0.637. The minimum Gasteiger partial charge on any atom is -0.481 e. The predicted molar refractivity (Wildman–Crippen MR) is 135 cm³/mol. The van der Waals surface area contributed by atoms with Crippen molar-refractivity contribution in [3.63, 3.8) is 0 Å². The third kappa shape index (κ3) is 34.5. The van der Waals surface area contributed by atoms with Crippen molar-refractivity contribution in [3.05, 3.63) is 0 Å². The molecule has 0 aliphatic rings. The number of nitrogens with one attached hydrogen (secondary N) is 1. The lowest BCUT2D eigenvalue weighted by molar-refractivity contribution is -0.138. The number of hydrogen-bond acceptors (Lipinski definition) is 12. The second-order valence-corrected chi connectivity index (χ2v) is 7.34. The van der Waals surface area contributed by atoms with Crippen LogP contribution in [0.5, 0.6) is 0 Å². The highest BCUT2D eigenvalue weighted by atomic mass is 16.6. The first-order chi connectivity index (χ1) is 18.8. The van der Waals surface area contributed by atoms with Gasteiger partial charge in [-0.05, 0) is 0 Å². The van der Waals surface area contributed by atoms with E-state index in [1.54, 1.807) is 0 Å². The van der Waals surface area contributed by atoms with Crippen molar-refractivity contribution < 1.29 is 62.1 Å². The summed E-state index contributed by atoms with van der Waals surface area (Å²) in [5.41, 5.74) is 0. The molecule has 1 amide bonds. The highest BCUT2D eigenvalue weighted by Crippen LogP contribution is 1.87. The molecule has 0 heterocycles. The van der Waals surface area contributed by atoms with Crippen molar-refractivity contribution in [2.75, 3.05) is 139 Å². The van der Waals surface area contributed by atoms with Gasteiger partial charge in [0, 0.05) is 6.54 Å². The SMILES string of the molecule is O=CNCCOCCOCCOCCOCCOCCOCCOCCOCCOCCOCCC(=O)O. The number of carboxylic acids is 1. The Balaban J connectivity index is 3.03.